The zero-order valence-electron chi connectivity index (χ0n) is 12.4. The van der Waals surface area contributed by atoms with Crippen LogP contribution in [-0.4, -0.2) is 31.7 Å². The van der Waals surface area contributed by atoms with Crippen molar-refractivity contribution in [3.05, 3.63) is 24.3 Å². The minimum atomic E-state index is -0.682. The second-order valence-electron chi connectivity index (χ2n) is 4.83. The first kappa shape index (κ1) is 16.3. The molecule has 0 heterocycles. The van der Waals surface area contributed by atoms with Gasteiger partial charge in [-0.2, -0.15) is 0 Å². The van der Waals surface area contributed by atoms with Crippen LogP contribution in [0.1, 0.15) is 26.7 Å². The van der Waals surface area contributed by atoms with Crippen molar-refractivity contribution in [2.24, 2.45) is 5.73 Å². The van der Waals surface area contributed by atoms with Gasteiger partial charge in [0, 0.05) is 0 Å². The van der Waals surface area contributed by atoms with Crippen molar-refractivity contribution in [3.8, 4) is 11.5 Å². The Hall–Kier alpha value is -1.75. The number of ether oxygens (including phenoxy) is 2. The van der Waals surface area contributed by atoms with E-state index < -0.39 is 5.54 Å². The fourth-order valence-corrected chi connectivity index (χ4v) is 2.03. The van der Waals surface area contributed by atoms with Gasteiger partial charge in [0.25, 0.3) is 0 Å². The molecule has 1 rings (SSSR count). The SMILES string of the molecule is CCNC(C)(CCCOc1ccccc1OC)C(N)=O. The summed E-state index contributed by atoms with van der Waals surface area (Å²) in [5, 5.41) is 3.12. The Balaban J connectivity index is 2.46. The van der Waals surface area contributed by atoms with Crippen LogP contribution in [0.25, 0.3) is 0 Å². The summed E-state index contributed by atoms with van der Waals surface area (Å²) < 4.78 is 10.9. The van der Waals surface area contributed by atoms with Crippen LogP contribution in [0.4, 0.5) is 0 Å². The van der Waals surface area contributed by atoms with Crippen LogP contribution in [0, 0.1) is 0 Å². The summed E-state index contributed by atoms with van der Waals surface area (Å²) in [6.45, 7) is 4.98. The second kappa shape index (κ2) is 7.75. The van der Waals surface area contributed by atoms with E-state index in [1.54, 1.807) is 7.11 Å². The summed E-state index contributed by atoms with van der Waals surface area (Å²) in [6, 6.07) is 7.49. The van der Waals surface area contributed by atoms with Crippen LogP contribution in [-0.2, 0) is 4.79 Å². The third-order valence-electron chi connectivity index (χ3n) is 3.26. The van der Waals surface area contributed by atoms with Gasteiger partial charge in [-0.25, -0.2) is 0 Å². The van der Waals surface area contributed by atoms with E-state index in [-0.39, 0.29) is 5.91 Å². The van der Waals surface area contributed by atoms with E-state index in [2.05, 4.69) is 5.32 Å². The number of benzene rings is 1. The van der Waals surface area contributed by atoms with E-state index in [0.29, 0.717) is 31.1 Å². The molecule has 5 heteroatoms. The molecule has 1 aromatic carbocycles. The lowest BCUT2D eigenvalue weighted by molar-refractivity contribution is -0.124. The molecule has 0 radical (unpaired) electrons. The summed E-state index contributed by atoms with van der Waals surface area (Å²) in [5.74, 6) is 1.08. The van der Waals surface area contributed by atoms with Gasteiger partial charge >= 0.3 is 0 Å². The highest BCUT2D eigenvalue weighted by molar-refractivity contribution is 5.84. The normalized spacial score (nSPS) is 13.6. The molecule has 112 valence electrons. The molecule has 1 unspecified atom stereocenters. The number of nitrogens with one attached hydrogen (secondary N) is 1. The maximum Gasteiger partial charge on any atom is 0.237 e. The van der Waals surface area contributed by atoms with Gasteiger partial charge in [-0.1, -0.05) is 19.1 Å². The molecule has 0 aliphatic heterocycles. The number of amides is 1. The van der Waals surface area contributed by atoms with Crippen LogP contribution in [0.5, 0.6) is 11.5 Å². The van der Waals surface area contributed by atoms with Gasteiger partial charge in [0.2, 0.25) is 5.91 Å². The van der Waals surface area contributed by atoms with Crippen molar-refractivity contribution < 1.29 is 14.3 Å². The molecular weight excluding hydrogens is 256 g/mol. The largest absolute Gasteiger partial charge is 0.493 e. The van der Waals surface area contributed by atoms with Crippen molar-refractivity contribution >= 4 is 5.91 Å². The number of primary amides is 1. The van der Waals surface area contributed by atoms with Crippen LogP contribution in [0.15, 0.2) is 24.3 Å². The summed E-state index contributed by atoms with van der Waals surface area (Å²) in [5.41, 5.74) is 4.75. The third kappa shape index (κ3) is 4.42. The Morgan fingerprint density at radius 3 is 2.55 bits per heavy atom. The highest BCUT2D eigenvalue weighted by atomic mass is 16.5. The van der Waals surface area contributed by atoms with Gasteiger partial charge in [0.05, 0.1) is 19.3 Å². The summed E-state index contributed by atoms with van der Waals surface area (Å²) in [6.07, 6.45) is 1.36. The number of hydrogen-bond donors (Lipinski definition) is 2. The summed E-state index contributed by atoms with van der Waals surface area (Å²) in [4.78, 5) is 11.5. The first-order valence-corrected chi connectivity index (χ1v) is 6.84. The zero-order valence-corrected chi connectivity index (χ0v) is 12.4. The molecule has 1 aromatic rings. The molecule has 0 saturated heterocycles. The number of hydrogen-bond acceptors (Lipinski definition) is 4. The maximum atomic E-state index is 11.5. The van der Waals surface area contributed by atoms with Gasteiger partial charge in [-0.05, 0) is 38.4 Å². The molecule has 0 aliphatic carbocycles. The van der Waals surface area contributed by atoms with Crippen molar-refractivity contribution in [2.75, 3.05) is 20.3 Å². The van der Waals surface area contributed by atoms with E-state index >= 15 is 0 Å². The van der Waals surface area contributed by atoms with Crippen molar-refractivity contribution in [2.45, 2.75) is 32.2 Å². The molecule has 20 heavy (non-hydrogen) atoms. The Morgan fingerprint density at radius 1 is 1.35 bits per heavy atom. The van der Waals surface area contributed by atoms with Gasteiger partial charge in [-0.15, -0.1) is 0 Å². The molecule has 1 amide bonds. The predicted octanol–water partition coefficient (Wildman–Crippen LogP) is 1.71. The van der Waals surface area contributed by atoms with Crippen LogP contribution < -0.4 is 20.5 Å². The lowest BCUT2D eigenvalue weighted by Gasteiger charge is -2.26. The standard InChI is InChI=1S/C15H24N2O3/c1-4-17-15(2,14(16)18)10-7-11-20-13-9-6-5-8-12(13)19-3/h5-6,8-9,17H,4,7,10-11H2,1-3H3,(H2,16,18). The average Bonchev–Trinajstić information content (AvgIpc) is 2.44. The quantitative estimate of drug-likeness (QED) is 0.675. The molecule has 0 saturated carbocycles. The van der Waals surface area contributed by atoms with Gasteiger partial charge in [0.15, 0.2) is 11.5 Å². The summed E-state index contributed by atoms with van der Waals surface area (Å²) in [7, 11) is 1.61. The van der Waals surface area contributed by atoms with Crippen molar-refractivity contribution in [3.63, 3.8) is 0 Å². The van der Waals surface area contributed by atoms with E-state index in [4.69, 9.17) is 15.2 Å². The van der Waals surface area contributed by atoms with Crippen LogP contribution in [0.2, 0.25) is 0 Å². The van der Waals surface area contributed by atoms with E-state index in [0.717, 1.165) is 6.42 Å². The lowest BCUT2D eigenvalue weighted by atomic mass is 9.95. The number of rotatable bonds is 9. The highest BCUT2D eigenvalue weighted by Gasteiger charge is 2.29. The number of likely N-dealkylation sites (N-methyl/N-ethyl adjacent to an activating group) is 1. The lowest BCUT2D eigenvalue weighted by Crippen LogP contribution is -2.53. The first-order valence-electron chi connectivity index (χ1n) is 6.84. The van der Waals surface area contributed by atoms with Gasteiger partial charge in [0.1, 0.15) is 0 Å². The minimum absolute atomic E-state index is 0.336. The van der Waals surface area contributed by atoms with Crippen LogP contribution >= 0.6 is 0 Å². The number of carbonyl (C=O) groups excluding carboxylic acids is 1. The Kier molecular flexibility index (Phi) is 6.31. The van der Waals surface area contributed by atoms with E-state index in [9.17, 15) is 4.79 Å². The third-order valence-corrected chi connectivity index (χ3v) is 3.26. The fourth-order valence-electron chi connectivity index (χ4n) is 2.03. The topological polar surface area (TPSA) is 73.6 Å². The molecule has 0 bridgehead atoms. The number of para-hydroxylation sites is 2. The summed E-state index contributed by atoms with van der Waals surface area (Å²) >= 11 is 0. The molecule has 0 aromatic heterocycles. The maximum absolute atomic E-state index is 11.5. The number of methoxy groups -OCH3 is 1. The van der Waals surface area contributed by atoms with Crippen molar-refractivity contribution in [1.29, 1.82) is 0 Å². The minimum Gasteiger partial charge on any atom is -0.493 e. The Bertz CT molecular complexity index is 437. The molecule has 0 spiro atoms. The molecule has 1 atom stereocenters. The molecule has 0 aliphatic rings. The molecular formula is C15H24N2O3. The highest BCUT2D eigenvalue weighted by Crippen LogP contribution is 2.26. The average molecular weight is 280 g/mol. The Labute approximate surface area is 120 Å². The predicted molar refractivity (Wildman–Crippen MR) is 79.0 cm³/mol. The monoisotopic (exact) mass is 280 g/mol. The first-order chi connectivity index (χ1) is 9.53. The van der Waals surface area contributed by atoms with Gasteiger partial charge in [-0.3, -0.25) is 4.79 Å². The Morgan fingerprint density at radius 2 is 2.00 bits per heavy atom. The van der Waals surface area contributed by atoms with E-state index in [1.165, 1.54) is 0 Å². The number of nitrogens with two attached hydrogens (primary N) is 1. The van der Waals surface area contributed by atoms with E-state index in [1.807, 2.05) is 38.1 Å². The molecule has 0 fully saturated rings. The van der Waals surface area contributed by atoms with Crippen molar-refractivity contribution in [1.82, 2.24) is 5.32 Å². The zero-order chi connectivity index (χ0) is 15.0. The van der Waals surface area contributed by atoms with Crippen LogP contribution in [0.3, 0.4) is 0 Å². The molecule has 3 N–H and O–H groups in total. The van der Waals surface area contributed by atoms with Gasteiger partial charge < -0.3 is 20.5 Å². The number of carbonyl (C=O) groups is 1. The fraction of sp³-hybridized carbons (Fsp3) is 0.533. The smallest absolute Gasteiger partial charge is 0.237 e. The molecule has 5 nitrogen and oxygen atoms in total. The second-order valence-corrected chi connectivity index (χ2v) is 4.83.